The van der Waals surface area contributed by atoms with E-state index < -0.39 is 0 Å². The van der Waals surface area contributed by atoms with E-state index >= 15 is 0 Å². The molecule has 1 fully saturated rings. The monoisotopic (exact) mass is 286 g/mol. The van der Waals surface area contributed by atoms with E-state index in [2.05, 4.69) is 0 Å². The van der Waals surface area contributed by atoms with Gasteiger partial charge in [0.15, 0.2) is 11.6 Å². The van der Waals surface area contributed by atoms with Crippen molar-refractivity contribution < 1.29 is 13.9 Å². The summed E-state index contributed by atoms with van der Waals surface area (Å²) >= 11 is 6.36. The lowest BCUT2D eigenvalue weighted by Gasteiger charge is -2.36. The van der Waals surface area contributed by atoms with Gasteiger partial charge in [0.1, 0.15) is 0 Å². The Morgan fingerprint density at radius 2 is 2.16 bits per heavy atom. The summed E-state index contributed by atoms with van der Waals surface area (Å²) in [6.07, 6.45) is 3.40. The molecule has 0 heterocycles. The molecular weight excluding hydrogens is 267 g/mol. The van der Waals surface area contributed by atoms with Crippen molar-refractivity contribution >= 4 is 11.6 Å². The van der Waals surface area contributed by atoms with Gasteiger partial charge in [-0.15, -0.1) is 11.6 Å². The number of hydrogen-bond donors (Lipinski definition) is 0. The third kappa shape index (κ3) is 3.61. The van der Waals surface area contributed by atoms with E-state index in [-0.39, 0.29) is 16.9 Å². The Labute approximate surface area is 118 Å². The summed E-state index contributed by atoms with van der Waals surface area (Å²) in [5.41, 5.74) is 0.819. The minimum Gasteiger partial charge on any atom is -0.494 e. The second-order valence-corrected chi connectivity index (χ2v) is 5.54. The quantitative estimate of drug-likeness (QED) is 0.725. The zero-order chi connectivity index (χ0) is 13.8. The maximum absolute atomic E-state index is 13.6. The van der Waals surface area contributed by atoms with Gasteiger partial charge in [0.05, 0.1) is 18.6 Å². The first-order chi connectivity index (χ1) is 9.13. The highest BCUT2D eigenvalue weighted by atomic mass is 35.5. The molecule has 0 bridgehead atoms. The number of alkyl halides is 1. The molecule has 0 aliphatic heterocycles. The number of ether oxygens (including phenoxy) is 2. The highest BCUT2D eigenvalue weighted by Gasteiger charge is 2.31. The van der Waals surface area contributed by atoms with Gasteiger partial charge < -0.3 is 9.47 Å². The van der Waals surface area contributed by atoms with Gasteiger partial charge >= 0.3 is 0 Å². The van der Waals surface area contributed by atoms with Crippen LogP contribution in [0.25, 0.3) is 0 Å². The highest BCUT2D eigenvalue weighted by molar-refractivity contribution is 6.20. The SMILES string of the molecule is CCOC1CC(CC(Cl)c2ccc(OC)c(F)c2)C1. The van der Waals surface area contributed by atoms with Gasteiger partial charge in [-0.3, -0.25) is 0 Å². The second-order valence-electron chi connectivity index (χ2n) is 5.01. The van der Waals surface area contributed by atoms with Crippen molar-refractivity contribution in [3.8, 4) is 5.75 Å². The Hall–Kier alpha value is -0.800. The summed E-state index contributed by atoms with van der Waals surface area (Å²) in [4.78, 5) is 0. The Morgan fingerprint density at radius 1 is 1.42 bits per heavy atom. The maximum atomic E-state index is 13.6. The predicted octanol–water partition coefficient (Wildman–Crippen LogP) is 4.32. The molecule has 1 unspecified atom stereocenters. The fraction of sp³-hybridized carbons (Fsp3) is 0.600. The molecule has 0 N–H and O–H groups in total. The van der Waals surface area contributed by atoms with Gasteiger partial charge in [-0.05, 0) is 49.8 Å². The smallest absolute Gasteiger partial charge is 0.165 e. The fourth-order valence-electron chi connectivity index (χ4n) is 2.54. The summed E-state index contributed by atoms with van der Waals surface area (Å²) in [7, 11) is 1.46. The van der Waals surface area contributed by atoms with Crippen molar-refractivity contribution in [1.82, 2.24) is 0 Å². The molecule has 19 heavy (non-hydrogen) atoms. The molecule has 0 saturated heterocycles. The topological polar surface area (TPSA) is 18.5 Å². The molecule has 0 amide bonds. The van der Waals surface area contributed by atoms with Crippen LogP contribution in [0.2, 0.25) is 0 Å². The predicted molar refractivity (Wildman–Crippen MR) is 74.3 cm³/mol. The molecule has 2 rings (SSSR count). The van der Waals surface area contributed by atoms with Crippen LogP contribution in [-0.2, 0) is 4.74 Å². The largest absolute Gasteiger partial charge is 0.494 e. The van der Waals surface area contributed by atoms with Crippen LogP contribution in [0.1, 0.15) is 37.1 Å². The molecule has 1 aliphatic rings. The van der Waals surface area contributed by atoms with Crippen molar-refractivity contribution in [3.05, 3.63) is 29.6 Å². The Bertz CT molecular complexity index is 419. The average Bonchev–Trinajstić information content (AvgIpc) is 2.36. The first kappa shape index (κ1) is 14.6. The zero-order valence-electron chi connectivity index (χ0n) is 11.4. The summed E-state index contributed by atoms with van der Waals surface area (Å²) in [6, 6.07) is 4.93. The van der Waals surface area contributed by atoms with E-state index in [0.29, 0.717) is 12.0 Å². The van der Waals surface area contributed by atoms with Gasteiger partial charge in [0.2, 0.25) is 0 Å². The highest BCUT2D eigenvalue weighted by Crippen LogP contribution is 2.39. The standard InChI is InChI=1S/C15H20ClFO2/c1-3-19-12-6-10(7-12)8-13(16)11-4-5-15(18-2)14(17)9-11/h4-5,9-10,12-13H,3,6-8H2,1-2H3. The lowest BCUT2D eigenvalue weighted by molar-refractivity contribution is -0.0267. The van der Waals surface area contributed by atoms with Crippen LogP contribution in [-0.4, -0.2) is 19.8 Å². The summed E-state index contributed by atoms with van der Waals surface area (Å²) in [5.74, 6) is 0.489. The average molecular weight is 287 g/mol. The molecule has 1 aromatic rings. The second kappa shape index (κ2) is 6.58. The van der Waals surface area contributed by atoms with E-state index in [9.17, 15) is 4.39 Å². The Kier molecular flexibility index (Phi) is 5.06. The summed E-state index contributed by atoms with van der Waals surface area (Å²) in [5, 5.41) is -0.145. The van der Waals surface area contributed by atoms with Gasteiger partial charge in [0, 0.05) is 6.61 Å². The van der Waals surface area contributed by atoms with Crippen molar-refractivity contribution in [2.24, 2.45) is 5.92 Å². The number of hydrogen-bond acceptors (Lipinski definition) is 2. The molecule has 106 valence electrons. The van der Waals surface area contributed by atoms with Crippen LogP contribution in [0.4, 0.5) is 4.39 Å². The molecule has 2 nitrogen and oxygen atoms in total. The normalized spacial score (nSPS) is 23.8. The lowest BCUT2D eigenvalue weighted by atomic mass is 9.78. The van der Waals surface area contributed by atoms with Crippen LogP contribution in [0.3, 0.4) is 0 Å². The molecule has 1 saturated carbocycles. The zero-order valence-corrected chi connectivity index (χ0v) is 12.1. The van der Waals surface area contributed by atoms with Crippen molar-refractivity contribution in [3.63, 3.8) is 0 Å². The van der Waals surface area contributed by atoms with E-state index in [1.54, 1.807) is 6.07 Å². The Balaban J connectivity index is 1.87. The van der Waals surface area contributed by atoms with Crippen molar-refractivity contribution in [2.45, 2.75) is 37.7 Å². The lowest BCUT2D eigenvalue weighted by Crippen LogP contribution is -2.31. The molecule has 1 aromatic carbocycles. The number of methoxy groups -OCH3 is 1. The van der Waals surface area contributed by atoms with Gasteiger partial charge in [-0.25, -0.2) is 4.39 Å². The van der Waals surface area contributed by atoms with Crippen molar-refractivity contribution in [2.75, 3.05) is 13.7 Å². The van der Waals surface area contributed by atoms with Gasteiger partial charge in [-0.1, -0.05) is 6.07 Å². The molecule has 0 spiro atoms. The summed E-state index contributed by atoms with van der Waals surface area (Å²) < 4.78 is 24.0. The van der Waals surface area contributed by atoms with Crippen LogP contribution in [0.5, 0.6) is 5.75 Å². The third-order valence-electron chi connectivity index (χ3n) is 3.67. The molecular formula is C15H20ClFO2. The summed E-state index contributed by atoms with van der Waals surface area (Å²) in [6.45, 7) is 2.78. The van der Waals surface area contributed by atoms with E-state index in [0.717, 1.165) is 31.4 Å². The van der Waals surface area contributed by atoms with Crippen LogP contribution < -0.4 is 4.74 Å². The minimum absolute atomic E-state index is 0.145. The van der Waals surface area contributed by atoms with Crippen LogP contribution >= 0.6 is 11.6 Å². The van der Waals surface area contributed by atoms with E-state index in [1.807, 2.05) is 13.0 Å². The minimum atomic E-state index is -0.355. The molecule has 0 aromatic heterocycles. The molecule has 4 heteroatoms. The molecule has 0 radical (unpaired) electrons. The maximum Gasteiger partial charge on any atom is 0.165 e. The van der Waals surface area contributed by atoms with Crippen molar-refractivity contribution in [1.29, 1.82) is 0 Å². The van der Waals surface area contributed by atoms with Crippen LogP contribution in [0, 0.1) is 11.7 Å². The first-order valence-electron chi connectivity index (χ1n) is 6.73. The number of halogens is 2. The third-order valence-corrected chi connectivity index (χ3v) is 4.10. The number of rotatable bonds is 6. The first-order valence-corrected chi connectivity index (χ1v) is 7.16. The number of benzene rings is 1. The molecule has 1 aliphatic carbocycles. The van der Waals surface area contributed by atoms with E-state index in [4.69, 9.17) is 21.1 Å². The van der Waals surface area contributed by atoms with Gasteiger partial charge in [0.25, 0.3) is 0 Å². The fourth-order valence-corrected chi connectivity index (χ4v) is 2.93. The van der Waals surface area contributed by atoms with Gasteiger partial charge in [-0.2, -0.15) is 0 Å². The molecule has 1 atom stereocenters. The Morgan fingerprint density at radius 3 is 2.74 bits per heavy atom. The van der Waals surface area contributed by atoms with Crippen LogP contribution in [0.15, 0.2) is 18.2 Å². The van der Waals surface area contributed by atoms with E-state index in [1.165, 1.54) is 13.2 Å².